The van der Waals surface area contributed by atoms with E-state index < -0.39 is 5.60 Å². The number of rotatable bonds is 6. The van der Waals surface area contributed by atoms with E-state index in [1.165, 1.54) is 0 Å². The second-order valence-electron chi connectivity index (χ2n) is 6.18. The van der Waals surface area contributed by atoms with Crippen molar-refractivity contribution in [2.45, 2.75) is 78.2 Å². The van der Waals surface area contributed by atoms with Crippen molar-refractivity contribution in [3.8, 4) is 0 Å². The van der Waals surface area contributed by atoms with Gasteiger partial charge in [-0.3, -0.25) is 4.79 Å². The van der Waals surface area contributed by atoms with Crippen LogP contribution in [0.15, 0.2) is 0 Å². The molecule has 100 valence electrons. The Morgan fingerprint density at radius 2 is 1.65 bits per heavy atom. The van der Waals surface area contributed by atoms with Gasteiger partial charge >= 0.3 is 0 Å². The van der Waals surface area contributed by atoms with Crippen LogP contribution < -0.4 is 0 Å². The number of ketones is 1. The highest BCUT2D eigenvalue weighted by molar-refractivity contribution is 5.87. The minimum Gasteiger partial charge on any atom is -0.367 e. The van der Waals surface area contributed by atoms with E-state index in [-0.39, 0.29) is 0 Å². The summed E-state index contributed by atoms with van der Waals surface area (Å²) < 4.78 is 5.98. The van der Waals surface area contributed by atoms with Crippen molar-refractivity contribution >= 4 is 5.78 Å². The Balaban J connectivity index is 2.70. The second-order valence-corrected chi connectivity index (χ2v) is 6.18. The molecule has 1 rings (SSSR count). The highest BCUT2D eigenvalue weighted by Crippen LogP contribution is 2.43. The van der Waals surface area contributed by atoms with Crippen LogP contribution in [0.5, 0.6) is 0 Å². The molecule has 0 heterocycles. The van der Waals surface area contributed by atoms with Gasteiger partial charge in [0.25, 0.3) is 0 Å². The van der Waals surface area contributed by atoms with Crippen molar-refractivity contribution in [3.05, 3.63) is 0 Å². The van der Waals surface area contributed by atoms with Gasteiger partial charge in [-0.05, 0) is 43.9 Å². The monoisotopic (exact) mass is 240 g/mol. The molecule has 0 spiro atoms. The maximum Gasteiger partial charge on any atom is 0.164 e. The van der Waals surface area contributed by atoms with Gasteiger partial charge in [0, 0.05) is 13.0 Å². The lowest BCUT2D eigenvalue weighted by Crippen LogP contribution is -2.46. The molecule has 17 heavy (non-hydrogen) atoms. The van der Waals surface area contributed by atoms with Gasteiger partial charge in [-0.25, -0.2) is 0 Å². The first-order valence-corrected chi connectivity index (χ1v) is 7.13. The zero-order valence-electron chi connectivity index (χ0n) is 12.0. The van der Waals surface area contributed by atoms with Crippen molar-refractivity contribution in [1.82, 2.24) is 0 Å². The molecule has 1 fully saturated rings. The summed E-state index contributed by atoms with van der Waals surface area (Å²) in [5.41, 5.74) is -0.0624. The number of ether oxygens (including phenoxy) is 1. The SMILES string of the molecule is CCCOC1(C(=O)CCC)CCC(C)(C)CC1. The number of carbonyl (C=O) groups is 1. The van der Waals surface area contributed by atoms with Gasteiger partial charge in [-0.15, -0.1) is 0 Å². The van der Waals surface area contributed by atoms with Crippen LogP contribution in [0.25, 0.3) is 0 Å². The molecule has 0 radical (unpaired) electrons. The van der Waals surface area contributed by atoms with Gasteiger partial charge in [0.1, 0.15) is 5.60 Å². The Bertz CT molecular complexity index is 246. The summed E-state index contributed by atoms with van der Waals surface area (Å²) in [6.45, 7) is 9.47. The molecule has 1 saturated carbocycles. The van der Waals surface area contributed by atoms with Gasteiger partial charge < -0.3 is 4.74 Å². The number of Topliss-reactive ketones (excluding diaryl/α,β-unsaturated/α-hetero) is 1. The Morgan fingerprint density at radius 3 is 2.12 bits per heavy atom. The van der Waals surface area contributed by atoms with Crippen molar-refractivity contribution in [3.63, 3.8) is 0 Å². The predicted molar refractivity (Wildman–Crippen MR) is 71.1 cm³/mol. The Hall–Kier alpha value is -0.370. The zero-order valence-corrected chi connectivity index (χ0v) is 12.0. The van der Waals surface area contributed by atoms with E-state index >= 15 is 0 Å². The molecular formula is C15H28O2. The fourth-order valence-electron chi connectivity index (χ4n) is 2.59. The summed E-state index contributed by atoms with van der Waals surface area (Å²) in [7, 11) is 0. The van der Waals surface area contributed by atoms with Crippen LogP contribution in [-0.2, 0) is 9.53 Å². The lowest BCUT2D eigenvalue weighted by atomic mass is 9.69. The number of hydrogen-bond donors (Lipinski definition) is 0. The predicted octanol–water partition coefficient (Wildman–Crippen LogP) is 4.12. The van der Waals surface area contributed by atoms with Gasteiger partial charge in [0.05, 0.1) is 0 Å². The topological polar surface area (TPSA) is 26.3 Å². The van der Waals surface area contributed by atoms with E-state index in [4.69, 9.17) is 4.74 Å². The van der Waals surface area contributed by atoms with E-state index in [1.807, 2.05) is 0 Å². The van der Waals surface area contributed by atoms with E-state index in [1.54, 1.807) is 0 Å². The first-order chi connectivity index (χ1) is 7.96. The summed E-state index contributed by atoms with van der Waals surface area (Å²) in [6.07, 6.45) is 6.63. The molecule has 0 saturated heterocycles. The fourth-order valence-corrected chi connectivity index (χ4v) is 2.59. The summed E-state index contributed by atoms with van der Waals surface area (Å²) in [5.74, 6) is 0.337. The molecule has 0 aromatic carbocycles. The van der Waals surface area contributed by atoms with E-state index in [0.717, 1.165) is 45.1 Å². The van der Waals surface area contributed by atoms with Crippen LogP contribution in [0, 0.1) is 5.41 Å². The molecule has 0 aromatic rings. The first-order valence-electron chi connectivity index (χ1n) is 7.13. The summed E-state index contributed by atoms with van der Waals surface area (Å²) >= 11 is 0. The lowest BCUT2D eigenvalue weighted by molar-refractivity contribution is -0.153. The van der Waals surface area contributed by atoms with Crippen LogP contribution in [0.2, 0.25) is 0 Å². The van der Waals surface area contributed by atoms with Crippen LogP contribution in [0.4, 0.5) is 0 Å². The molecule has 0 bridgehead atoms. The smallest absolute Gasteiger partial charge is 0.164 e. The standard InChI is InChI=1S/C15H28O2/c1-5-7-13(16)15(17-12-6-2)10-8-14(3,4)9-11-15/h5-12H2,1-4H3. The Morgan fingerprint density at radius 1 is 1.06 bits per heavy atom. The average Bonchev–Trinajstić information content (AvgIpc) is 2.29. The van der Waals surface area contributed by atoms with Crippen LogP contribution in [0.1, 0.15) is 72.6 Å². The van der Waals surface area contributed by atoms with Gasteiger partial charge in [0.15, 0.2) is 5.78 Å². The van der Waals surface area contributed by atoms with Crippen molar-refractivity contribution in [2.75, 3.05) is 6.61 Å². The highest BCUT2D eigenvalue weighted by Gasteiger charge is 2.43. The van der Waals surface area contributed by atoms with Crippen molar-refractivity contribution in [2.24, 2.45) is 5.41 Å². The largest absolute Gasteiger partial charge is 0.367 e. The van der Waals surface area contributed by atoms with E-state index in [0.29, 0.717) is 17.6 Å². The molecule has 0 unspecified atom stereocenters. The van der Waals surface area contributed by atoms with Gasteiger partial charge in [-0.2, -0.15) is 0 Å². The summed E-state index contributed by atoms with van der Waals surface area (Å²) in [5, 5.41) is 0. The van der Waals surface area contributed by atoms with Gasteiger partial charge in [0.2, 0.25) is 0 Å². The zero-order chi connectivity index (χ0) is 12.9. The average molecular weight is 240 g/mol. The van der Waals surface area contributed by atoms with Crippen LogP contribution >= 0.6 is 0 Å². The quantitative estimate of drug-likeness (QED) is 0.698. The third kappa shape index (κ3) is 3.80. The molecule has 0 atom stereocenters. The molecule has 0 N–H and O–H groups in total. The number of carbonyl (C=O) groups excluding carboxylic acids is 1. The molecule has 0 aromatic heterocycles. The summed E-state index contributed by atoms with van der Waals surface area (Å²) in [4.78, 5) is 12.3. The molecular weight excluding hydrogens is 212 g/mol. The van der Waals surface area contributed by atoms with Crippen molar-refractivity contribution < 1.29 is 9.53 Å². The second kappa shape index (κ2) is 5.99. The minimum atomic E-state index is -0.443. The Labute approximate surface area is 106 Å². The third-order valence-electron chi connectivity index (χ3n) is 3.98. The fraction of sp³-hybridized carbons (Fsp3) is 0.933. The van der Waals surface area contributed by atoms with Crippen molar-refractivity contribution in [1.29, 1.82) is 0 Å². The normalized spacial score (nSPS) is 22.4. The molecule has 1 aliphatic carbocycles. The van der Waals surface area contributed by atoms with Gasteiger partial charge in [-0.1, -0.05) is 27.7 Å². The maximum absolute atomic E-state index is 12.3. The lowest BCUT2D eigenvalue weighted by Gasteiger charge is -2.42. The first kappa shape index (κ1) is 14.7. The molecule has 2 heteroatoms. The summed E-state index contributed by atoms with van der Waals surface area (Å²) in [6, 6.07) is 0. The van der Waals surface area contributed by atoms with Crippen LogP contribution in [0.3, 0.4) is 0 Å². The minimum absolute atomic E-state index is 0.337. The molecule has 1 aliphatic rings. The van der Waals surface area contributed by atoms with E-state index in [2.05, 4.69) is 27.7 Å². The van der Waals surface area contributed by atoms with E-state index in [9.17, 15) is 4.79 Å². The Kier molecular flexibility index (Phi) is 5.18. The third-order valence-corrected chi connectivity index (χ3v) is 3.98. The maximum atomic E-state index is 12.3. The molecule has 2 nitrogen and oxygen atoms in total. The van der Waals surface area contributed by atoms with Crippen LogP contribution in [-0.4, -0.2) is 18.0 Å². The molecule has 0 aliphatic heterocycles. The molecule has 0 amide bonds. The number of hydrogen-bond acceptors (Lipinski definition) is 2. The highest BCUT2D eigenvalue weighted by atomic mass is 16.5.